The Balaban J connectivity index is 2.49. The summed E-state index contributed by atoms with van der Waals surface area (Å²) in [6.45, 7) is 3.74. The molecule has 74 valence electrons. The Morgan fingerprint density at radius 3 is 2.85 bits per heavy atom. The molecule has 1 heterocycles. The second-order valence-corrected chi connectivity index (χ2v) is 4.66. The summed E-state index contributed by atoms with van der Waals surface area (Å²) in [5.41, 5.74) is 5.57. The van der Waals surface area contributed by atoms with E-state index in [-0.39, 0.29) is 0 Å². The summed E-state index contributed by atoms with van der Waals surface area (Å²) in [4.78, 5) is 3.51. The second kappa shape index (κ2) is 4.96. The normalized spacial score (nSPS) is 13.6. The number of nitrogens with zero attached hydrogens (tertiary/aromatic N) is 1. The van der Waals surface area contributed by atoms with Crippen LogP contribution in [0, 0.1) is 0 Å². The molecule has 0 amide bonds. The van der Waals surface area contributed by atoms with E-state index in [2.05, 4.69) is 18.9 Å². The molecule has 1 aromatic heterocycles. The molecule has 0 aliphatic rings. The minimum Gasteiger partial charge on any atom is -0.329 e. The van der Waals surface area contributed by atoms with Gasteiger partial charge in [0.25, 0.3) is 0 Å². The number of hydrogen-bond acceptors (Lipinski definition) is 3. The molecule has 1 aromatic rings. The van der Waals surface area contributed by atoms with Gasteiger partial charge in [-0.1, -0.05) is 11.6 Å². The monoisotopic (exact) mass is 218 g/mol. The lowest BCUT2D eigenvalue weighted by Crippen LogP contribution is -2.34. The molecule has 1 atom stereocenters. The van der Waals surface area contributed by atoms with Gasteiger partial charge < -0.3 is 5.73 Å². The molecule has 0 aliphatic carbocycles. The number of hydrogen-bond donors (Lipinski definition) is 1. The van der Waals surface area contributed by atoms with Crippen LogP contribution in [0.15, 0.2) is 11.4 Å². The topological polar surface area (TPSA) is 29.3 Å². The highest BCUT2D eigenvalue weighted by molar-refractivity contribution is 7.10. The third kappa shape index (κ3) is 3.27. The first kappa shape index (κ1) is 11.0. The average molecular weight is 219 g/mol. The zero-order chi connectivity index (χ0) is 9.84. The van der Waals surface area contributed by atoms with Crippen molar-refractivity contribution in [3.8, 4) is 0 Å². The quantitative estimate of drug-likeness (QED) is 0.840. The van der Waals surface area contributed by atoms with Gasteiger partial charge in [0.15, 0.2) is 0 Å². The van der Waals surface area contributed by atoms with Gasteiger partial charge in [-0.15, -0.1) is 11.3 Å². The van der Waals surface area contributed by atoms with Gasteiger partial charge >= 0.3 is 0 Å². The molecular weight excluding hydrogens is 204 g/mol. The number of nitrogens with two attached hydrogens (primary N) is 1. The highest BCUT2D eigenvalue weighted by Crippen LogP contribution is 2.20. The Labute approximate surface area is 88.3 Å². The van der Waals surface area contributed by atoms with Crippen molar-refractivity contribution in [3.63, 3.8) is 0 Å². The Kier molecular flexibility index (Phi) is 4.19. The molecule has 1 unspecified atom stereocenters. The van der Waals surface area contributed by atoms with E-state index in [0.29, 0.717) is 12.6 Å². The highest BCUT2D eigenvalue weighted by Gasteiger charge is 2.08. The van der Waals surface area contributed by atoms with Crippen molar-refractivity contribution in [2.45, 2.75) is 19.5 Å². The minimum atomic E-state index is 0.417. The third-order valence-electron chi connectivity index (χ3n) is 2.12. The number of thiophene rings is 1. The van der Waals surface area contributed by atoms with Crippen LogP contribution in [0.4, 0.5) is 0 Å². The van der Waals surface area contributed by atoms with Gasteiger partial charge in [-0.05, 0) is 20.0 Å². The average Bonchev–Trinajstić information content (AvgIpc) is 2.49. The van der Waals surface area contributed by atoms with Crippen molar-refractivity contribution in [1.29, 1.82) is 0 Å². The van der Waals surface area contributed by atoms with Crippen molar-refractivity contribution >= 4 is 22.9 Å². The van der Waals surface area contributed by atoms with Gasteiger partial charge in [0, 0.05) is 29.4 Å². The van der Waals surface area contributed by atoms with Gasteiger partial charge in [-0.25, -0.2) is 0 Å². The summed E-state index contributed by atoms with van der Waals surface area (Å²) < 4.78 is 0. The van der Waals surface area contributed by atoms with Crippen LogP contribution in [0.2, 0.25) is 5.02 Å². The second-order valence-electron chi connectivity index (χ2n) is 3.23. The smallest absolute Gasteiger partial charge is 0.0516 e. The summed E-state index contributed by atoms with van der Waals surface area (Å²) in [5.74, 6) is 0. The lowest BCUT2D eigenvalue weighted by molar-refractivity contribution is 0.257. The van der Waals surface area contributed by atoms with Crippen molar-refractivity contribution in [2.24, 2.45) is 5.73 Å². The number of likely N-dealkylation sites (N-methyl/N-ethyl adjacent to an activating group) is 1. The Morgan fingerprint density at radius 2 is 2.38 bits per heavy atom. The van der Waals surface area contributed by atoms with Gasteiger partial charge in [0.1, 0.15) is 0 Å². The molecule has 0 saturated carbocycles. The fraction of sp³-hybridized carbons (Fsp3) is 0.556. The third-order valence-corrected chi connectivity index (χ3v) is 3.39. The number of halogens is 1. The lowest BCUT2D eigenvalue weighted by atomic mass is 10.3. The van der Waals surface area contributed by atoms with Crippen molar-refractivity contribution in [3.05, 3.63) is 21.3 Å². The predicted molar refractivity (Wildman–Crippen MR) is 59.3 cm³/mol. The van der Waals surface area contributed by atoms with Gasteiger partial charge in [0.2, 0.25) is 0 Å². The molecule has 1 rings (SSSR count). The van der Waals surface area contributed by atoms with Crippen LogP contribution >= 0.6 is 22.9 Å². The molecule has 0 aliphatic heterocycles. The van der Waals surface area contributed by atoms with Crippen LogP contribution in [0.1, 0.15) is 11.8 Å². The van der Waals surface area contributed by atoms with Gasteiger partial charge in [-0.2, -0.15) is 0 Å². The summed E-state index contributed by atoms with van der Waals surface area (Å²) in [6.07, 6.45) is 0. The Hall–Kier alpha value is -0.0900. The molecule has 13 heavy (non-hydrogen) atoms. The van der Waals surface area contributed by atoms with Crippen LogP contribution in [0.3, 0.4) is 0 Å². The first-order valence-electron chi connectivity index (χ1n) is 4.26. The molecular formula is C9H15ClN2S. The van der Waals surface area contributed by atoms with E-state index in [1.807, 2.05) is 11.4 Å². The van der Waals surface area contributed by atoms with Crippen molar-refractivity contribution < 1.29 is 0 Å². The molecule has 0 bridgehead atoms. The molecule has 0 spiro atoms. The minimum absolute atomic E-state index is 0.417. The Bertz CT molecular complexity index is 262. The zero-order valence-electron chi connectivity index (χ0n) is 7.96. The predicted octanol–water partition coefficient (Wildman–Crippen LogP) is 2.18. The molecule has 2 nitrogen and oxygen atoms in total. The zero-order valence-corrected chi connectivity index (χ0v) is 9.53. The summed E-state index contributed by atoms with van der Waals surface area (Å²) in [6, 6.07) is 2.42. The first-order valence-corrected chi connectivity index (χ1v) is 5.52. The van der Waals surface area contributed by atoms with Crippen molar-refractivity contribution in [1.82, 2.24) is 4.90 Å². The van der Waals surface area contributed by atoms with E-state index in [1.54, 1.807) is 11.3 Å². The largest absolute Gasteiger partial charge is 0.329 e. The summed E-state index contributed by atoms with van der Waals surface area (Å²) >= 11 is 7.52. The fourth-order valence-electron chi connectivity index (χ4n) is 1.02. The maximum Gasteiger partial charge on any atom is 0.0516 e. The van der Waals surface area contributed by atoms with E-state index in [9.17, 15) is 0 Å². The number of rotatable bonds is 4. The van der Waals surface area contributed by atoms with Crippen LogP contribution in [0.25, 0.3) is 0 Å². The van der Waals surface area contributed by atoms with E-state index >= 15 is 0 Å². The lowest BCUT2D eigenvalue weighted by Gasteiger charge is -2.22. The first-order chi connectivity index (χ1) is 6.13. The maximum atomic E-state index is 5.82. The van der Waals surface area contributed by atoms with E-state index < -0.39 is 0 Å². The standard InChI is InChI=1S/C9H15ClN2S/c1-7(4-11)12(2)5-9-3-8(10)6-13-9/h3,6-7H,4-5,11H2,1-2H3. The molecule has 0 aromatic carbocycles. The van der Waals surface area contributed by atoms with Crippen LogP contribution in [0.5, 0.6) is 0 Å². The Morgan fingerprint density at radius 1 is 1.69 bits per heavy atom. The fourth-order valence-corrected chi connectivity index (χ4v) is 2.15. The van der Waals surface area contributed by atoms with Crippen LogP contribution < -0.4 is 5.73 Å². The highest BCUT2D eigenvalue weighted by atomic mass is 35.5. The van der Waals surface area contributed by atoms with Gasteiger partial charge in [-0.3, -0.25) is 4.90 Å². The van der Waals surface area contributed by atoms with Crippen LogP contribution in [-0.2, 0) is 6.54 Å². The van der Waals surface area contributed by atoms with E-state index in [4.69, 9.17) is 17.3 Å². The molecule has 4 heteroatoms. The molecule has 0 fully saturated rings. The van der Waals surface area contributed by atoms with Crippen LogP contribution in [-0.4, -0.2) is 24.5 Å². The SMILES string of the molecule is CC(CN)N(C)Cc1cc(Cl)cs1. The molecule has 0 saturated heterocycles. The molecule has 0 radical (unpaired) electrons. The molecule has 2 N–H and O–H groups in total. The maximum absolute atomic E-state index is 5.82. The van der Waals surface area contributed by atoms with E-state index in [1.165, 1.54) is 4.88 Å². The van der Waals surface area contributed by atoms with Crippen molar-refractivity contribution in [2.75, 3.05) is 13.6 Å². The van der Waals surface area contributed by atoms with E-state index in [0.717, 1.165) is 11.6 Å². The summed E-state index contributed by atoms with van der Waals surface area (Å²) in [5, 5.41) is 2.78. The summed E-state index contributed by atoms with van der Waals surface area (Å²) in [7, 11) is 2.07. The van der Waals surface area contributed by atoms with Gasteiger partial charge in [0.05, 0.1) is 5.02 Å².